The van der Waals surface area contributed by atoms with Gasteiger partial charge in [-0.1, -0.05) is 23.4 Å². The number of benzene rings is 2. The second-order valence-corrected chi connectivity index (χ2v) is 3.66. The normalized spacial score (nSPS) is 10.9. The molecule has 3 nitrogen and oxygen atoms in total. The molecule has 0 radical (unpaired) electrons. The van der Waals surface area contributed by atoms with Crippen LogP contribution in [0.2, 0.25) is 0 Å². The smallest absolute Gasteiger partial charge is 0.178 e. The molecule has 0 aliphatic rings. The summed E-state index contributed by atoms with van der Waals surface area (Å²) in [6.45, 7) is 0. The highest BCUT2D eigenvalue weighted by atomic mass is 19.1. The topological polar surface area (TPSA) is 46.3 Å². The molecule has 0 aliphatic heterocycles. The van der Waals surface area contributed by atoms with Gasteiger partial charge in [0.1, 0.15) is 11.3 Å². The molecule has 2 aromatic carbocycles. The number of aromatic hydroxyl groups is 1. The van der Waals surface area contributed by atoms with E-state index in [-0.39, 0.29) is 11.3 Å². The van der Waals surface area contributed by atoms with Crippen LogP contribution < -0.4 is 0 Å². The lowest BCUT2D eigenvalue weighted by Crippen LogP contribution is -1.78. The Labute approximate surface area is 96.1 Å². The Morgan fingerprint density at radius 2 is 1.88 bits per heavy atom. The first-order valence-corrected chi connectivity index (χ1v) is 5.09. The quantitative estimate of drug-likeness (QED) is 0.696. The van der Waals surface area contributed by atoms with Crippen LogP contribution in [0.1, 0.15) is 0 Å². The fraction of sp³-hybridized carbons (Fsp3) is 0. The van der Waals surface area contributed by atoms with Gasteiger partial charge in [0.25, 0.3) is 0 Å². The number of aromatic nitrogens is 1. The number of fused-ring (bicyclic) bond motifs is 1. The first kappa shape index (κ1) is 9.84. The number of phenolic OH excluding ortho intramolecular Hbond substituents is 1. The van der Waals surface area contributed by atoms with Crippen molar-refractivity contribution in [2.24, 2.45) is 0 Å². The fourth-order valence-corrected chi connectivity index (χ4v) is 1.79. The van der Waals surface area contributed by atoms with Crippen molar-refractivity contribution in [1.29, 1.82) is 0 Å². The lowest BCUT2D eigenvalue weighted by molar-refractivity contribution is 0.431. The molecule has 0 atom stereocenters. The van der Waals surface area contributed by atoms with Gasteiger partial charge in [-0.15, -0.1) is 0 Å². The molecule has 17 heavy (non-hydrogen) atoms. The van der Waals surface area contributed by atoms with E-state index in [1.807, 2.05) is 0 Å². The molecule has 0 aliphatic carbocycles. The van der Waals surface area contributed by atoms with Gasteiger partial charge in [-0.05, 0) is 24.3 Å². The monoisotopic (exact) mass is 229 g/mol. The summed E-state index contributed by atoms with van der Waals surface area (Å²) < 4.78 is 18.5. The van der Waals surface area contributed by atoms with Crippen molar-refractivity contribution in [2.45, 2.75) is 0 Å². The minimum Gasteiger partial charge on any atom is -0.507 e. The van der Waals surface area contributed by atoms with E-state index in [2.05, 4.69) is 5.16 Å². The van der Waals surface area contributed by atoms with E-state index in [1.54, 1.807) is 36.4 Å². The zero-order valence-electron chi connectivity index (χ0n) is 8.72. The van der Waals surface area contributed by atoms with Gasteiger partial charge < -0.3 is 9.63 Å². The summed E-state index contributed by atoms with van der Waals surface area (Å²) in [7, 11) is 0. The molecule has 4 heteroatoms. The summed E-state index contributed by atoms with van der Waals surface area (Å²) in [4.78, 5) is 0. The predicted octanol–water partition coefficient (Wildman–Crippen LogP) is 3.34. The van der Waals surface area contributed by atoms with Gasteiger partial charge in [0.15, 0.2) is 11.6 Å². The number of hydrogen-bond donors (Lipinski definition) is 1. The average molecular weight is 229 g/mol. The predicted molar refractivity (Wildman–Crippen MR) is 61.1 cm³/mol. The maximum absolute atomic E-state index is 13.4. The molecule has 1 heterocycles. The Morgan fingerprint density at radius 1 is 1.06 bits per heavy atom. The molecule has 3 aromatic rings. The zero-order valence-corrected chi connectivity index (χ0v) is 8.72. The maximum Gasteiger partial charge on any atom is 0.178 e. The molecule has 0 amide bonds. The van der Waals surface area contributed by atoms with Crippen molar-refractivity contribution < 1.29 is 14.0 Å². The Bertz CT molecular complexity index is 691. The first-order valence-electron chi connectivity index (χ1n) is 5.09. The van der Waals surface area contributed by atoms with Crippen molar-refractivity contribution in [3.63, 3.8) is 0 Å². The lowest BCUT2D eigenvalue weighted by atomic mass is 10.1. The van der Waals surface area contributed by atoms with E-state index in [4.69, 9.17) is 4.52 Å². The number of halogens is 1. The zero-order chi connectivity index (χ0) is 11.8. The van der Waals surface area contributed by atoms with Crippen LogP contribution in [0, 0.1) is 5.82 Å². The van der Waals surface area contributed by atoms with Gasteiger partial charge >= 0.3 is 0 Å². The molecule has 1 N–H and O–H groups in total. The highest BCUT2D eigenvalue weighted by molar-refractivity contribution is 5.93. The van der Waals surface area contributed by atoms with E-state index in [0.717, 1.165) is 0 Å². The third-order valence-corrected chi connectivity index (χ3v) is 2.61. The Morgan fingerprint density at radius 3 is 2.71 bits per heavy atom. The van der Waals surface area contributed by atoms with E-state index in [1.165, 1.54) is 6.07 Å². The number of hydrogen-bond acceptors (Lipinski definition) is 3. The average Bonchev–Trinajstić information content (AvgIpc) is 2.75. The summed E-state index contributed by atoms with van der Waals surface area (Å²) in [6, 6.07) is 11.3. The third kappa shape index (κ3) is 1.45. The molecule has 84 valence electrons. The van der Waals surface area contributed by atoms with Crippen molar-refractivity contribution in [3.05, 3.63) is 48.3 Å². The van der Waals surface area contributed by atoms with Crippen LogP contribution in [0.25, 0.3) is 22.2 Å². The van der Waals surface area contributed by atoms with Gasteiger partial charge in [-0.3, -0.25) is 0 Å². The van der Waals surface area contributed by atoms with Crippen LogP contribution in [-0.4, -0.2) is 10.3 Å². The van der Waals surface area contributed by atoms with E-state index < -0.39 is 5.82 Å². The van der Waals surface area contributed by atoms with Crippen molar-refractivity contribution in [2.75, 3.05) is 0 Å². The second-order valence-electron chi connectivity index (χ2n) is 3.66. The Balaban J connectivity index is 2.33. The summed E-state index contributed by atoms with van der Waals surface area (Å²) in [6.07, 6.45) is 0. The summed E-state index contributed by atoms with van der Waals surface area (Å²) in [5.41, 5.74) is 0.673. The molecule has 0 saturated carbocycles. The van der Waals surface area contributed by atoms with Gasteiger partial charge in [-0.2, -0.15) is 0 Å². The van der Waals surface area contributed by atoms with Crippen LogP contribution >= 0.6 is 0 Å². The van der Waals surface area contributed by atoms with Crippen molar-refractivity contribution in [3.8, 4) is 17.1 Å². The minimum absolute atomic E-state index is 0.0785. The summed E-state index contributed by atoms with van der Waals surface area (Å²) >= 11 is 0. The SMILES string of the molecule is Oc1ccccc1-c1onc2c(F)cccc12. The van der Waals surface area contributed by atoms with Crippen LogP contribution in [-0.2, 0) is 0 Å². The second kappa shape index (κ2) is 3.59. The molecule has 0 saturated heterocycles. The van der Waals surface area contributed by atoms with E-state index in [9.17, 15) is 9.50 Å². The highest BCUT2D eigenvalue weighted by Crippen LogP contribution is 2.34. The van der Waals surface area contributed by atoms with Gasteiger partial charge in [0.2, 0.25) is 0 Å². The molecular formula is C13H8FNO2. The van der Waals surface area contributed by atoms with Gasteiger partial charge in [0.05, 0.1) is 10.9 Å². The molecule has 0 unspecified atom stereocenters. The number of rotatable bonds is 1. The Kier molecular flexibility index (Phi) is 2.08. The number of para-hydroxylation sites is 1. The van der Waals surface area contributed by atoms with Crippen LogP contribution in [0.5, 0.6) is 5.75 Å². The van der Waals surface area contributed by atoms with E-state index in [0.29, 0.717) is 16.7 Å². The molecule has 0 bridgehead atoms. The van der Waals surface area contributed by atoms with Gasteiger partial charge in [0, 0.05) is 0 Å². The largest absolute Gasteiger partial charge is 0.507 e. The van der Waals surface area contributed by atoms with E-state index >= 15 is 0 Å². The molecule has 3 rings (SSSR count). The van der Waals surface area contributed by atoms with Crippen molar-refractivity contribution in [1.82, 2.24) is 5.16 Å². The molecular weight excluding hydrogens is 221 g/mol. The third-order valence-electron chi connectivity index (χ3n) is 2.61. The highest BCUT2D eigenvalue weighted by Gasteiger charge is 2.15. The van der Waals surface area contributed by atoms with Crippen LogP contribution in [0.4, 0.5) is 4.39 Å². The maximum atomic E-state index is 13.4. The standard InChI is InChI=1S/C13H8FNO2/c14-10-6-3-5-9-12(10)15-17-13(9)8-4-1-2-7-11(8)16/h1-7,16H. The minimum atomic E-state index is -0.437. The van der Waals surface area contributed by atoms with Crippen molar-refractivity contribution >= 4 is 10.9 Å². The molecule has 0 fully saturated rings. The Hall–Kier alpha value is -2.36. The molecule has 0 spiro atoms. The van der Waals surface area contributed by atoms with Crippen LogP contribution in [0.3, 0.4) is 0 Å². The number of phenols is 1. The van der Waals surface area contributed by atoms with Gasteiger partial charge in [-0.25, -0.2) is 4.39 Å². The van der Waals surface area contributed by atoms with Crippen LogP contribution in [0.15, 0.2) is 47.0 Å². The fourth-order valence-electron chi connectivity index (χ4n) is 1.79. The molecule has 1 aromatic heterocycles. The first-order chi connectivity index (χ1) is 8.27. The summed E-state index contributed by atoms with van der Waals surface area (Å²) in [5, 5.41) is 14.0. The number of nitrogens with zero attached hydrogens (tertiary/aromatic N) is 1. The lowest BCUT2D eigenvalue weighted by Gasteiger charge is -1.99. The summed E-state index contributed by atoms with van der Waals surface area (Å²) in [5.74, 6) is 0.0142.